The van der Waals surface area contributed by atoms with Crippen LogP contribution in [0, 0.1) is 5.92 Å². The largest absolute Gasteiger partial charge is 0.489 e. The van der Waals surface area contributed by atoms with Gasteiger partial charge in [-0.15, -0.1) is 0 Å². The van der Waals surface area contributed by atoms with Gasteiger partial charge >= 0.3 is 0 Å². The third-order valence-electron chi connectivity index (χ3n) is 5.05. The Hall–Kier alpha value is -2.13. The van der Waals surface area contributed by atoms with Crippen LogP contribution in [-0.4, -0.2) is 18.0 Å². The molecule has 2 saturated heterocycles. The Kier molecular flexibility index (Phi) is 4.35. The first kappa shape index (κ1) is 15.4. The number of ketones is 1. The average molecular weight is 322 g/mol. The van der Waals surface area contributed by atoms with E-state index in [0.717, 1.165) is 42.6 Å². The smallest absolute Gasteiger partial charge is 0.166 e. The molecular formula is C21H22O3. The predicted octanol–water partition coefficient (Wildman–Crippen LogP) is 4.41. The summed E-state index contributed by atoms with van der Waals surface area (Å²) in [7, 11) is 0. The van der Waals surface area contributed by atoms with Gasteiger partial charge in [-0.1, -0.05) is 30.3 Å². The first-order chi connectivity index (χ1) is 11.8. The molecule has 2 aliphatic heterocycles. The number of rotatable bonds is 5. The fourth-order valence-electron chi connectivity index (χ4n) is 3.76. The van der Waals surface area contributed by atoms with E-state index in [0.29, 0.717) is 18.8 Å². The van der Waals surface area contributed by atoms with Crippen LogP contribution in [0.25, 0.3) is 0 Å². The molecule has 0 saturated carbocycles. The molecule has 2 aliphatic rings. The summed E-state index contributed by atoms with van der Waals surface area (Å²) in [4.78, 5) is 12.7. The summed E-state index contributed by atoms with van der Waals surface area (Å²) in [5.41, 5.74) is 1.92. The van der Waals surface area contributed by atoms with E-state index in [1.54, 1.807) is 0 Å². The second-order valence-electron chi connectivity index (χ2n) is 6.79. The molecule has 4 rings (SSSR count). The molecule has 2 fully saturated rings. The zero-order valence-electron chi connectivity index (χ0n) is 13.7. The Morgan fingerprint density at radius 2 is 1.62 bits per heavy atom. The minimum atomic E-state index is 0.118. The first-order valence-electron chi connectivity index (χ1n) is 8.74. The van der Waals surface area contributed by atoms with Crippen LogP contribution in [0.3, 0.4) is 0 Å². The topological polar surface area (TPSA) is 35.5 Å². The fourth-order valence-corrected chi connectivity index (χ4v) is 3.76. The highest BCUT2D eigenvalue weighted by Crippen LogP contribution is 2.37. The third kappa shape index (κ3) is 3.36. The molecule has 0 aliphatic carbocycles. The van der Waals surface area contributed by atoms with Crippen LogP contribution in [0.15, 0.2) is 54.6 Å². The van der Waals surface area contributed by atoms with Gasteiger partial charge in [0.1, 0.15) is 12.4 Å². The summed E-state index contributed by atoms with van der Waals surface area (Å²) in [5, 5.41) is 0. The van der Waals surface area contributed by atoms with E-state index >= 15 is 0 Å². The molecule has 2 heterocycles. The monoisotopic (exact) mass is 322 g/mol. The Morgan fingerprint density at radius 3 is 2.29 bits per heavy atom. The van der Waals surface area contributed by atoms with E-state index in [-0.39, 0.29) is 11.7 Å². The maximum atomic E-state index is 12.7. The Balaban J connectivity index is 1.37. The quantitative estimate of drug-likeness (QED) is 0.765. The maximum absolute atomic E-state index is 12.7. The summed E-state index contributed by atoms with van der Waals surface area (Å²) in [6.07, 6.45) is 4.57. The second-order valence-corrected chi connectivity index (χ2v) is 6.79. The molecule has 2 atom stereocenters. The molecule has 2 aromatic carbocycles. The summed E-state index contributed by atoms with van der Waals surface area (Å²) >= 11 is 0. The highest BCUT2D eigenvalue weighted by atomic mass is 16.5. The molecule has 0 amide bonds. The number of benzene rings is 2. The summed E-state index contributed by atoms with van der Waals surface area (Å²) in [5.74, 6) is 1.17. The van der Waals surface area contributed by atoms with Crippen molar-refractivity contribution in [2.75, 3.05) is 0 Å². The Labute approximate surface area is 142 Å². The maximum Gasteiger partial charge on any atom is 0.166 e. The van der Waals surface area contributed by atoms with Crippen molar-refractivity contribution in [3.8, 4) is 5.75 Å². The molecule has 3 nitrogen and oxygen atoms in total. The number of hydrogen-bond acceptors (Lipinski definition) is 3. The molecule has 0 N–H and O–H groups in total. The first-order valence-corrected chi connectivity index (χ1v) is 8.74. The van der Waals surface area contributed by atoms with Crippen molar-refractivity contribution in [3.63, 3.8) is 0 Å². The Morgan fingerprint density at radius 1 is 0.958 bits per heavy atom. The molecule has 2 aromatic rings. The number of Topliss-reactive ketones (excluding diaryl/α,β-unsaturated/α-hetero) is 1. The Bertz CT molecular complexity index is 681. The zero-order chi connectivity index (χ0) is 16.4. The highest BCUT2D eigenvalue weighted by Gasteiger charge is 2.38. The van der Waals surface area contributed by atoms with Gasteiger partial charge in [-0.25, -0.2) is 0 Å². The fraction of sp³-hybridized carbons (Fsp3) is 0.381. The van der Waals surface area contributed by atoms with Gasteiger partial charge in [0.15, 0.2) is 5.78 Å². The number of carbonyl (C=O) groups is 1. The van der Waals surface area contributed by atoms with Gasteiger partial charge in [0.05, 0.1) is 12.2 Å². The lowest BCUT2D eigenvalue weighted by molar-refractivity contribution is -0.0149. The molecule has 2 unspecified atom stereocenters. The lowest BCUT2D eigenvalue weighted by Crippen LogP contribution is -2.30. The molecule has 24 heavy (non-hydrogen) atoms. The third-order valence-corrected chi connectivity index (χ3v) is 5.05. The van der Waals surface area contributed by atoms with Crippen molar-refractivity contribution < 1.29 is 14.3 Å². The van der Waals surface area contributed by atoms with Crippen molar-refractivity contribution in [1.82, 2.24) is 0 Å². The van der Waals surface area contributed by atoms with Crippen molar-refractivity contribution in [3.05, 3.63) is 65.7 Å². The minimum Gasteiger partial charge on any atom is -0.489 e. The standard InChI is InChI=1S/C21H22O3/c22-21(17-12-19-10-11-20(13-17)24-19)16-6-8-18(9-7-16)23-14-15-4-2-1-3-5-15/h1-9,17,19-20H,10-14H2. The molecule has 3 heteroatoms. The second kappa shape index (κ2) is 6.78. The van der Waals surface area contributed by atoms with Gasteiger partial charge in [-0.2, -0.15) is 0 Å². The van der Waals surface area contributed by atoms with E-state index in [1.165, 1.54) is 0 Å². The summed E-state index contributed by atoms with van der Waals surface area (Å²) in [6, 6.07) is 17.6. The van der Waals surface area contributed by atoms with Gasteiger partial charge in [-0.3, -0.25) is 4.79 Å². The molecule has 0 radical (unpaired) electrons. The van der Waals surface area contributed by atoms with E-state index in [2.05, 4.69) is 0 Å². The normalized spacial score (nSPS) is 25.4. The van der Waals surface area contributed by atoms with Crippen LogP contribution in [-0.2, 0) is 11.3 Å². The van der Waals surface area contributed by atoms with Gasteiger partial charge in [0.25, 0.3) is 0 Å². The highest BCUT2D eigenvalue weighted by molar-refractivity contribution is 5.98. The molecule has 124 valence electrons. The molecular weight excluding hydrogens is 300 g/mol. The van der Waals surface area contributed by atoms with Crippen LogP contribution in [0.5, 0.6) is 5.75 Å². The lowest BCUT2D eigenvalue weighted by atomic mass is 9.88. The molecule has 2 bridgehead atoms. The number of carbonyl (C=O) groups excluding carboxylic acids is 1. The van der Waals surface area contributed by atoms with E-state index in [4.69, 9.17) is 9.47 Å². The van der Waals surface area contributed by atoms with E-state index in [9.17, 15) is 4.79 Å². The van der Waals surface area contributed by atoms with Crippen LogP contribution >= 0.6 is 0 Å². The number of ether oxygens (including phenoxy) is 2. The SMILES string of the molecule is O=C(c1ccc(OCc2ccccc2)cc1)C1CC2CCC(C1)O2. The summed E-state index contributed by atoms with van der Waals surface area (Å²) in [6.45, 7) is 0.539. The average Bonchev–Trinajstić information content (AvgIpc) is 2.98. The minimum absolute atomic E-state index is 0.118. The van der Waals surface area contributed by atoms with E-state index < -0.39 is 0 Å². The van der Waals surface area contributed by atoms with Crippen LogP contribution < -0.4 is 4.74 Å². The van der Waals surface area contributed by atoms with Crippen molar-refractivity contribution in [1.29, 1.82) is 0 Å². The van der Waals surface area contributed by atoms with Gasteiger partial charge in [0, 0.05) is 11.5 Å². The number of hydrogen-bond donors (Lipinski definition) is 0. The van der Waals surface area contributed by atoms with Gasteiger partial charge < -0.3 is 9.47 Å². The number of fused-ring (bicyclic) bond motifs is 2. The lowest BCUT2D eigenvalue weighted by Gasteiger charge is -2.27. The van der Waals surface area contributed by atoms with E-state index in [1.807, 2.05) is 54.6 Å². The van der Waals surface area contributed by atoms with Crippen molar-refractivity contribution >= 4 is 5.78 Å². The predicted molar refractivity (Wildman–Crippen MR) is 92.2 cm³/mol. The summed E-state index contributed by atoms with van der Waals surface area (Å²) < 4.78 is 11.6. The van der Waals surface area contributed by atoms with Gasteiger partial charge in [-0.05, 0) is 55.5 Å². The van der Waals surface area contributed by atoms with Crippen molar-refractivity contribution in [2.24, 2.45) is 5.92 Å². The van der Waals surface area contributed by atoms with Crippen LogP contribution in [0.1, 0.15) is 41.6 Å². The van der Waals surface area contributed by atoms with Crippen LogP contribution in [0.2, 0.25) is 0 Å². The van der Waals surface area contributed by atoms with Gasteiger partial charge in [0.2, 0.25) is 0 Å². The van der Waals surface area contributed by atoms with Crippen LogP contribution in [0.4, 0.5) is 0 Å². The molecule has 0 aromatic heterocycles. The zero-order valence-corrected chi connectivity index (χ0v) is 13.7. The van der Waals surface area contributed by atoms with Crippen molar-refractivity contribution in [2.45, 2.75) is 44.5 Å². The molecule has 0 spiro atoms.